The summed E-state index contributed by atoms with van der Waals surface area (Å²) in [5, 5.41) is 15.1. The first-order chi connectivity index (χ1) is 20.2. The van der Waals surface area contributed by atoms with Gasteiger partial charge in [-0.05, 0) is 70.2 Å². The van der Waals surface area contributed by atoms with Crippen LogP contribution in [0.15, 0.2) is 18.2 Å². The van der Waals surface area contributed by atoms with E-state index in [0.717, 1.165) is 0 Å². The average molecular weight is 634 g/mol. The molecule has 44 heavy (non-hydrogen) atoms. The minimum atomic E-state index is -5.00. The van der Waals surface area contributed by atoms with Gasteiger partial charge in [0.1, 0.15) is 24.0 Å². The lowest BCUT2D eigenvalue weighted by Crippen LogP contribution is -2.56. The fourth-order valence-electron chi connectivity index (χ4n) is 5.57. The van der Waals surface area contributed by atoms with Gasteiger partial charge in [-0.3, -0.25) is 9.69 Å². The number of carbonyl (C=O) groups excluding carboxylic acids is 3. The number of alkyl carbamates (subject to hydrolysis) is 1. The van der Waals surface area contributed by atoms with Crippen LogP contribution >= 0.6 is 0 Å². The number of aldehydes is 1. The standard InChI is InChI=1S/C29H37F6N5O4/c1-16-6-22(11-36)40(12-16)25(42)24(38-26(43)44-27(3,4)5)14-39-13-21(10-23(39)15-41)37-17(2)18-7-19(28(30,31)32)9-20(8-18)29(33,34)35/h7-9,15-17,21-24,37H,6,10,12-14H2,1-5H3,(H,38,43). The highest BCUT2D eigenvalue weighted by molar-refractivity contribution is 5.87. The molecule has 0 aromatic heterocycles. The van der Waals surface area contributed by atoms with E-state index in [9.17, 15) is 46.0 Å². The Morgan fingerprint density at radius 1 is 1.07 bits per heavy atom. The molecule has 0 spiro atoms. The van der Waals surface area contributed by atoms with E-state index in [2.05, 4.69) is 16.7 Å². The second-order valence-corrected chi connectivity index (χ2v) is 12.5. The number of carbonyl (C=O) groups is 3. The van der Waals surface area contributed by atoms with Crippen LogP contribution in [0.1, 0.15) is 70.2 Å². The normalized spacial score (nSPS) is 24.5. The van der Waals surface area contributed by atoms with Gasteiger partial charge in [-0.2, -0.15) is 31.6 Å². The number of amides is 2. The van der Waals surface area contributed by atoms with Gasteiger partial charge in [0.2, 0.25) is 5.91 Å². The highest BCUT2D eigenvalue weighted by Gasteiger charge is 2.42. The first-order valence-electron chi connectivity index (χ1n) is 14.2. The van der Waals surface area contributed by atoms with Gasteiger partial charge in [0.25, 0.3) is 0 Å². The van der Waals surface area contributed by atoms with Crippen molar-refractivity contribution in [1.29, 1.82) is 5.26 Å². The molecule has 2 fully saturated rings. The number of nitrogens with one attached hydrogen (secondary N) is 2. The van der Waals surface area contributed by atoms with E-state index in [1.54, 1.807) is 25.7 Å². The topological polar surface area (TPSA) is 115 Å². The third kappa shape index (κ3) is 9.07. The van der Waals surface area contributed by atoms with Gasteiger partial charge >= 0.3 is 18.4 Å². The molecule has 0 radical (unpaired) electrons. The summed E-state index contributed by atoms with van der Waals surface area (Å²) >= 11 is 0. The molecular weight excluding hydrogens is 596 g/mol. The number of nitriles is 1. The predicted octanol–water partition coefficient (Wildman–Crippen LogP) is 4.67. The van der Waals surface area contributed by atoms with Crippen molar-refractivity contribution in [3.8, 4) is 6.07 Å². The van der Waals surface area contributed by atoms with Crippen LogP contribution in [0.25, 0.3) is 0 Å². The maximum absolute atomic E-state index is 13.6. The van der Waals surface area contributed by atoms with Crippen LogP contribution in [0.2, 0.25) is 0 Å². The number of benzene rings is 1. The minimum absolute atomic E-state index is 0.0454. The van der Waals surface area contributed by atoms with E-state index in [0.29, 0.717) is 31.4 Å². The largest absolute Gasteiger partial charge is 0.444 e. The van der Waals surface area contributed by atoms with E-state index in [1.807, 2.05) is 6.92 Å². The van der Waals surface area contributed by atoms with Crippen LogP contribution < -0.4 is 10.6 Å². The van der Waals surface area contributed by atoms with Crippen molar-refractivity contribution in [2.45, 2.75) is 95.6 Å². The summed E-state index contributed by atoms with van der Waals surface area (Å²) in [5.74, 6) is -0.492. The lowest BCUT2D eigenvalue weighted by molar-refractivity contribution is -0.143. The maximum Gasteiger partial charge on any atom is 0.416 e. The van der Waals surface area contributed by atoms with E-state index < -0.39 is 71.3 Å². The van der Waals surface area contributed by atoms with Crippen molar-refractivity contribution < 1.29 is 45.5 Å². The second-order valence-electron chi connectivity index (χ2n) is 12.5. The molecule has 2 heterocycles. The Hall–Kier alpha value is -3.38. The maximum atomic E-state index is 13.6. The lowest BCUT2D eigenvalue weighted by atomic mass is 9.99. The molecule has 6 unspecified atom stereocenters. The molecule has 0 saturated carbocycles. The Labute approximate surface area is 251 Å². The fourth-order valence-corrected chi connectivity index (χ4v) is 5.57. The molecule has 15 heteroatoms. The average Bonchev–Trinajstić information content (AvgIpc) is 3.47. The lowest BCUT2D eigenvalue weighted by Gasteiger charge is -2.31. The minimum Gasteiger partial charge on any atom is -0.444 e. The van der Waals surface area contributed by atoms with Crippen molar-refractivity contribution in [3.63, 3.8) is 0 Å². The first-order valence-corrected chi connectivity index (χ1v) is 14.2. The number of nitrogens with zero attached hydrogens (tertiary/aromatic N) is 3. The summed E-state index contributed by atoms with van der Waals surface area (Å²) in [6, 6.07) is -0.741. The molecule has 3 rings (SSSR count). The Bertz CT molecular complexity index is 1230. The van der Waals surface area contributed by atoms with Crippen LogP contribution in [-0.4, -0.2) is 77.5 Å². The number of alkyl halides is 6. The number of rotatable bonds is 8. The molecule has 1 aromatic rings. The third-order valence-electron chi connectivity index (χ3n) is 7.55. The summed E-state index contributed by atoms with van der Waals surface area (Å²) in [5.41, 5.74) is -3.99. The summed E-state index contributed by atoms with van der Waals surface area (Å²) in [6.45, 7) is 8.45. The molecule has 1 aromatic carbocycles. The van der Waals surface area contributed by atoms with Gasteiger partial charge in [-0.25, -0.2) is 4.79 Å². The van der Waals surface area contributed by atoms with E-state index in [-0.39, 0.29) is 37.1 Å². The van der Waals surface area contributed by atoms with Crippen LogP contribution in [0.3, 0.4) is 0 Å². The Kier molecular flexibility index (Phi) is 10.6. The number of likely N-dealkylation sites (tertiary alicyclic amines) is 2. The van der Waals surface area contributed by atoms with Crippen LogP contribution in [0.5, 0.6) is 0 Å². The molecule has 0 bridgehead atoms. The van der Waals surface area contributed by atoms with Crippen LogP contribution in [0.4, 0.5) is 31.1 Å². The highest BCUT2D eigenvalue weighted by Crippen LogP contribution is 2.37. The summed E-state index contributed by atoms with van der Waals surface area (Å²) in [6.07, 6.45) is -9.65. The van der Waals surface area contributed by atoms with Crippen molar-refractivity contribution >= 4 is 18.3 Å². The quantitative estimate of drug-likeness (QED) is 0.316. The van der Waals surface area contributed by atoms with Gasteiger partial charge in [-0.1, -0.05) is 6.92 Å². The summed E-state index contributed by atoms with van der Waals surface area (Å²) in [4.78, 5) is 41.3. The fraction of sp³-hybridized carbons (Fsp3) is 0.655. The monoisotopic (exact) mass is 633 g/mol. The molecule has 2 aliphatic heterocycles. The van der Waals surface area contributed by atoms with E-state index in [4.69, 9.17) is 4.74 Å². The molecule has 9 nitrogen and oxygen atoms in total. The number of hydrogen-bond acceptors (Lipinski definition) is 7. The summed E-state index contributed by atoms with van der Waals surface area (Å²) < 4.78 is 85.6. The SMILES string of the molecule is CC1CC(C#N)N(C(=O)C(CN2CC(NC(C)c3cc(C(F)(F)F)cc(C(F)(F)F)c3)CC2C=O)NC(=O)OC(C)(C)C)C1. The van der Waals surface area contributed by atoms with Crippen molar-refractivity contribution in [2.24, 2.45) is 5.92 Å². The zero-order chi connectivity index (χ0) is 33.2. The molecule has 2 amide bonds. The van der Waals surface area contributed by atoms with E-state index >= 15 is 0 Å². The third-order valence-corrected chi connectivity index (χ3v) is 7.55. The zero-order valence-electron chi connectivity index (χ0n) is 25.1. The van der Waals surface area contributed by atoms with Crippen LogP contribution in [0, 0.1) is 17.2 Å². The van der Waals surface area contributed by atoms with E-state index in [1.165, 1.54) is 11.8 Å². The van der Waals surface area contributed by atoms with Crippen molar-refractivity contribution in [1.82, 2.24) is 20.4 Å². The number of hydrogen-bond donors (Lipinski definition) is 2. The zero-order valence-corrected chi connectivity index (χ0v) is 25.1. The Balaban J connectivity index is 1.81. The predicted molar refractivity (Wildman–Crippen MR) is 146 cm³/mol. The first kappa shape index (κ1) is 35.1. The molecule has 2 N–H and O–H groups in total. The van der Waals surface area contributed by atoms with Crippen molar-refractivity contribution in [3.05, 3.63) is 34.9 Å². The molecule has 2 aliphatic rings. The number of halogens is 6. The Morgan fingerprint density at radius 2 is 1.66 bits per heavy atom. The molecule has 6 atom stereocenters. The van der Waals surface area contributed by atoms with Crippen molar-refractivity contribution in [2.75, 3.05) is 19.6 Å². The second kappa shape index (κ2) is 13.3. The summed E-state index contributed by atoms with van der Waals surface area (Å²) in [7, 11) is 0. The van der Waals surface area contributed by atoms with Gasteiger partial charge in [0.15, 0.2) is 0 Å². The Morgan fingerprint density at radius 3 is 2.16 bits per heavy atom. The molecule has 2 saturated heterocycles. The molecule has 244 valence electrons. The van der Waals surface area contributed by atoms with Gasteiger partial charge in [-0.15, -0.1) is 0 Å². The molecule has 0 aliphatic carbocycles. The van der Waals surface area contributed by atoms with Crippen LogP contribution in [-0.2, 0) is 26.7 Å². The van der Waals surface area contributed by atoms with Gasteiger partial charge in [0.05, 0.1) is 23.2 Å². The van der Waals surface area contributed by atoms with Gasteiger partial charge in [0, 0.05) is 31.7 Å². The number of ether oxygens (including phenoxy) is 1. The molecular formula is C29H37F6N5O4. The highest BCUT2D eigenvalue weighted by atomic mass is 19.4. The van der Waals surface area contributed by atoms with Gasteiger partial charge < -0.3 is 25.1 Å². The smallest absolute Gasteiger partial charge is 0.416 e.